The molecule has 3 fully saturated rings. The van der Waals surface area contributed by atoms with Crippen molar-refractivity contribution in [2.75, 3.05) is 13.6 Å². The SMILES string of the molecule is CNC(=S)NC[C@H]1O[C@@H]2OC(C)(C)O[C@@H]2[C@H]2OC(C)(C)O[C@H]21. The summed E-state index contributed by atoms with van der Waals surface area (Å²) in [6, 6.07) is 0. The van der Waals surface area contributed by atoms with Gasteiger partial charge in [0, 0.05) is 13.6 Å². The molecule has 126 valence electrons. The number of hydrogen-bond acceptors (Lipinski definition) is 6. The third-order valence-corrected chi connectivity index (χ3v) is 4.29. The van der Waals surface area contributed by atoms with Gasteiger partial charge < -0.3 is 34.3 Å². The molecule has 0 unspecified atom stereocenters. The quantitative estimate of drug-likeness (QED) is 0.708. The lowest BCUT2D eigenvalue weighted by molar-refractivity contribution is -0.231. The molecule has 0 spiro atoms. The van der Waals surface area contributed by atoms with Crippen molar-refractivity contribution in [3.63, 3.8) is 0 Å². The van der Waals surface area contributed by atoms with Gasteiger partial charge in [-0.1, -0.05) is 0 Å². The summed E-state index contributed by atoms with van der Waals surface area (Å²) in [5.41, 5.74) is 0. The lowest BCUT2D eigenvalue weighted by Gasteiger charge is -2.37. The van der Waals surface area contributed by atoms with E-state index in [0.29, 0.717) is 11.7 Å². The molecule has 0 aromatic carbocycles. The fourth-order valence-corrected chi connectivity index (χ4v) is 3.22. The Morgan fingerprint density at radius 1 is 0.955 bits per heavy atom. The molecule has 0 bridgehead atoms. The molecule has 0 aliphatic carbocycles. The second-order valence-corrected chi connectivity index (χ2v) is 7.08. The number of rotatable bonds is 2. The molecule has 3 heterocycles. The van der Waals surface area contributed by atoms with Gasteiger partial charge in [-0.05, 0) is 39.9 Å². The molecular formula is C14H24N2O5S. The summed E-state index contributed by atoms with van der Waals surface area (Å²) < 4.78 is 29.9. The first-order chi connectivity index (χ1) is 10.2. The topological polar surface area (TPSA) is 70.2 Å². The number of hydrogen-bond donors (Lipinski definition) is 2. The van der Waals surface area contributed by atoms with Crippen molar-refractivity contribution < 1.29 is 23.7 Å². The van der Waals surface area contributed by atoms with E-state index in [4.69, 9.17) is 35.9 Å². The smallest absolute Gasteiger partial charge is 0.190 e. The van der Waals surface area contributed by atoms with Crippen LogP contribution in [0.5, 0.6) is 0 Å². The van der Waals surface area contributed by atoms with Crippen LogP contribution >= 0.6 is 12.2 Å². The minimum Gasteiger partial charge on any atom is -0.366 e. The zero-order valence-electron chi connectivity index (χ0n) is 13.5. The van der Waals surface area contributed by atoms with Gasteiger partial charge in [0.25, 0.3) is 0 Å². The lowest BCUT2D eigenvalue weighted by Crippen LogP contribution is -2.58. The Morgan fingerprint density at radius 3 is 2.23 bits per heavy atom. The molecule has 2 N–H and O–H groups in total. The van der Waals surface area contributed by atoms with Gasteiger partial charge in [0.1, 0.15) is 24.4 Å². The molecule has 3 aliphatic heterocycles. The minimum atomic E-state index is -0.696. The monoisotopic (exact) mass is 332 g/mol. The van der Waals surface area contributed by atoms with E-state index < -0.39 is 17.9 Å². The zero-order valence-corrected chi connectivity index (χ0v) is 14.4. The van der Waals surface area contributed by atoms with E-state index >= 15 is 0 Å². The molecule has 0 aromatic rings. The first kappa shape index (κ1) is 16.4. The van der Waals surface area contributed by atoms with Crippen LogP contribution in [0.25, 0.3) is 0 Å². The summed E-state index contributed by atoms with van der Waals surface area (Å²) in [5.74, 6) is -1.37. The molecular weight excluding hydrogens is 308 g/mol. The summed E-state index contributed by atoms with van der Waals surface area (Å²) >= 11 is 5.11. The van der Waals surface area contributed by atoms with Crippen molar-refractivity contribution in [3.05, 3.63) is 0 Å². The van der Waals surface area contributed by atoms with Crippen LogP contribution in [0, 0.1) is 0 Å². The van der Waals surface area contributed by atoms with Crippen LogP contribution in [0.3, 0.4) is 0 Å². The molecule has 3 aliphatic rings. The van der Waals surface area contributed by atoms with E-state index in [1.807, 2.05) is 27.7 Å². The van der Waals surface area contributed by atoms with E-state index in [-0.39, 0.29) is 24.4 Å². The molecule has 22 heavy (non-hydrogen) atoms. The highest BCUT2D eigenvalue weighted by molar-refractivity contribution is 7.80. The van der Waals surface area contributed by atoms with Crippen molar-refractivity contribution in [2.24, 2.45) is 0 Å². The predicted molar refractivity (Wildman–Crippen MR) is 82.2 cm³/mol. The minimum absolute atomic E-state index is 0.231. The maximum atomic E-state index is 6.05. The number of nitrogens with one attached hydrogen (secondary N) is 2. The van der Waals surface area contributed by atoms with Crippen LogP contribution in [0.4, 0.5) is 0 Å². The van der Waals surface area contributed by atoms with Gasteiger partial charge in [-0.3, -0.25) is 0 Å². The van der Waals surface area contributed by atoms with Crippen LogP contribution in [0.1, 0.15) is 27.7 Å². The van der Waals surface area contributed by atoms with Crippen LogP contribution in [-0.4, -0.2) is 61.0 Å². The number of thiocarbonyl (C=S) groups is 1. The Bertz CT molecular complexity index is 459. The van der Waals surface area contributed by atoms with Gasteiger partial charge in [0.05, 0.1) is 0 Å². The van der Waals surface area contributed by atoms with Crippen LogP contribution < -0.4 is 10.6 Å². The number of fused-ring (bicyclic) bond motifs is 3. The summed E-state index contributed by atoms with van der Waals surface area (Å²) in [7, 11) is 1.77. The van der Waals surface area contributed by atoms with Gasteiger partial charge in [-0.25, -0.2) is 0 Å². The molecule has 0 amide bonds. The molecule has 0 saturated carbocycles. The Kier molecular flexibility index (Phi) is 4.12. The van der Waals surface area contributed by atoms with E-state index in [2.05, 4.69) is 10.6 Å². The predicted octanol–water partition coefficient (Wildman–Crippen LogP) is 0.477. The van der Waals surface area contributed by atoms with Gasteiger partial charge in [-0.15, -0.1) is 0 Å². The first-order valence-electron chi connectivity index (χ1n) is 7.53. The van der Waals surface area contributed by atoms with E-state index in [9.17, 15) is 0 Å². The lowest BCUT2D eigenvalue weighted by atomic mass is 9.99. The van der Waals surface area contributed by atoms with Crippen molar-refractivity contribution >= 4 is 17.3 Å². The highest BCUT2D eigenvalue weighted by Gasteiger charge is 2.60. The highest BCUT2D eigenvalue weighted by Crippen LogP contribution is 2.43. The number of ether oxygens (including phenoxy) is 5. The average molecular weight is 332 g/mol. The van der Waals surface area contributed by atoms with Crippen molar-refractivity contribution in [2.45, 2.75) is 70.0 Å². The van der Waals surface area contributed by atoms with Crippen molar-refractivity contribution in [1.82, 2.24) is 10.6 Å². The fraction of sp³-hybridized carbons (Fsp3) is 0.929. The Morgan fingerprint density at radius 2 is 1.55 bits per heavy atom. The summed E-state index contributed by atoms with van der Waals surface area (Å²) in [6.45, 7) is 8.03. The van der Waals surface area contributed by atoms with Crippen molar-refractivity contribution in [1.29, 1.82) is 0 Å². The van der Waals surface area contributed by atoms with E-state index in [0.717, 1.165) is 0 Å². The third-order valence-electron chi connectivity index (χ3n) is 3.94. The van der Waals surface area contributed by atoms with E-state index in [1.54, 1.807) is 7.05 Å². The second-order valence-electron chi connectivity index (χ2n) is 6.67. The van der Waals surface area contributed by atoms with Gasteiger partial charge >= 0.3 is 0 Å². The zero-order chi connectivity index (χ0) is 16.1. The Hall–Kier alpha value is -0.510. The third kappa shape index (κ3) is 3.08. The summed E-state index contributed by atoms with van der Waals surface area (Å²) in [4.78, 5) is 0. The maximum Gasteiger partial charge on any atom is 0.190 e. The van der Waals surface area contributed by atoms with Crippen molar-refractivity contribution in [3.8, 4) is 0 Å². The van der Waals surface area contributed by atoms with Gasteiger partial charge in [0.15, 0.2) is 23.0 Å². The van der Waals surface area contributed by atoms with Crippen LogP contribution in [0.2, 0.25) is 0 Å². The fourth-order valence-electron chi connectivity index (χ4n) is 3.14. The highest BCUT2D eigenvalue weighted by atomic mass is 32.1. The Balaban J connectivity index is 1.76. The average Bonchev–Trinajstić information content (AvgIpc) is 2.89. The van der Waals surface area contributed by atoms with Crippen LogP contribution in [0.15, 0.2) is 0 Å². The summed E-state index contributed by atoms with van der Waals surface area (Å²) in [5, 5.41) is 6.54. The molecule has 0 radical (unpaired) electrons. The molecule has 0 aromatic heterocycles. The molecule has 5 atom stereocenters. The Labute approximate surface area is 135 Å². The van der Waals surface area contributed by atoms with Gasteiger partial charge in [-0.2, -0.15) is 0 Å². The van der Waals surface area contributed by atoms with Crippen LogP contribution in [-0.2, 0) is 23.7 Å². The molecule has 3 saturated heterocycles. The molecule has 3 rings (SSSR count). The molecule has 8 heteroatoms. The maximum absolute atomic E-state index is 6.05. The summed E-state index contributed by atoms with van der Waals surface area (Å²) in [6.07, 6.45) is -1.47. The largest absolute Gasteiger partial charge is 0.366 e. The van der Waals surface area contributed by atoms with Gasteiger partial charge in [0.2, 0.25) is 0 Å². The standard InChI is InChI=1S/C14H24N2O5S/c1-13(2)18-8-7(6-16-12(22)15-5)17-11-10(9(8)19-13)20-14(3,4)21-11/h7-11H,6H2,1-5H3,(H2,15,16,22)/t7-,8+,9+,10-,11-/m1/s1. The van der Waals surface area contributed by atoms with E-state index in [1.165, 1.54) is 0 Å². The normalized spacial score (nSPS) is 41.6. The first-order valence-corrected chi connectivity index (χ1v) is 7.94. The molecule has 7 nitrogen and oxygen atoms in total. The second kappa shape index (κ2) is 5.54.